The molecule has 0 radical (unpaired) electrons. The molecule has 2 aromatic carbocycles. The number of phenols is 2. The number of hydrogen-bond donors (Lipinski definition) is 2. The quantitative estimate of drug-likeness (QED) is 0.585. The molecule has 0 fully saturated rings. The minimum Gasteiger partial charge on any atom is -0.507 e. The van der Waals surface area contributed by atoms with Crippen LogP contribution in [0.5, 0.6) is 11.5 Å². The van der Waals surface area contributed by atoms with E-state index in [0.29, 0.717) is 24.6 Å². The van der Waals surface area contributed by atoms with E-state index in [4.69, 9.17) is 0 Å². The predicted molar refractivity (Wildman–Crippen MR) is 133 cm³/mol. The summed E-state index contributed by atoms with van der Waals surface area (Å²) < 4.78 is 0. The molecular formula is C28H41NO3. The van der Waals surface area contributed by atoms with Gasteiger partial charge in [0.1, 0.15) is 11.5 Å². The lowest BCUT2D eigenvalue weighted by Crippen LogP contribution is -2.33. The number of benzene rings is 2. The van der Waals surface area contributed by atoms with E-state index in [9.17, 15) is 15.0 Å². The van der Waals surface area contributed by atoms with Crippen LogP contribution in [-0.2, 0) is 28.5 Å². The smallest absolute Gasteiger partial charge is 0.219 e. The number of carbonyl (C=O) groups is 1. The van der Waals surface area contributed by atoms with Gasteiger partial charge in [0.25, 0.3) is 0 Å². The lowest BCUT2D eigenvalue weighted by atomic mass is 9.83. The van der Waals surface area contributed by atoms with Crippen molar-refractivity contribution in [1.29, 1.82) is 0 Å². The molecule has 2 N–H and O–H groups in total. The zero-order valence-electron chi connectivity index (χ0n) is 21.4. The Labute approximate surface area is 194 Å². The van der Waals surface area contributed by atoms with E-state index in [1.54, 1.807) is 6.92 Å². The second-order valence-electron chi connectivity index (χ2n) is 11.1. The van der Waals surface area contributed by atoms with E-state index in [1.807, 2.05) is 30.9 Å². The van der Waals surface area contributed by atoms with Crippen LogP contribution in [0.15, 0.2) is 24.3 Å². The van der Waals surface area contributed by atoms with Crippen LogP contribution in [0, 0.1) is 13.8 Å². The first-order chi connectivity index (χ1) is 14.6. The molecule has 176 valence electrons. The predicted octanol–water partition coefficient (Wildman–Crippen LogP) is 5.94. The number of phenolic OH excluding ortho intramolecular Hbond substituents is 2. The summed E-state index contributed by atoms with van der Waals surface area (Å²) in [6.07, 6.45) is 1.48. The van der Waals surface area contributed by atoms with Crippen molar-refractivity contribution in [2.45, 2.75) is 86.0 Å². The van der Waals surface area contributed by atoms with Gasteiger partial charge in [-0.15, -0.1) is 0 Å². The molecule has 0 aromatic heterocycles. The van der Waals surface area contributed by atoms with Crippen LogP contribution in [0.3, 0.4) is 0 Å². The molecule has 1 amide bonds. The Hall–Kier alpha value is -2.49. The molecule has 0 saturated heterocycles. The van der Waals surface area contributed by atoms with Crippen LogP contribution in [0.4, 0.5) is 0 Å². The van der Waals surface area contributed by atoms with E-state index in [2.05, 4.69) is 53.7 Å². The number of nitrogens with zero attached hydrogens (tertiary/aromatic N) is 1. The van der Waals surface area contributed by atoms with Gasteiger partial charge in [-0.2, -0.15) is 0 Å². The second kappa shape index (κ2) is 9.56. The van der Waals surface area contributed by atoms with Crippen molar-refractivity contribution in [3.8, 4) is 11.5 Å². The van der Waals surface area contributed by atoms with E-state index < -0.39 is 0 Å². The van der Waals surface area contributed by atoms with Gasteiger partial charge in [0.05, 0.1) is 0 Å². The molecule has 2 aromatic rings. The molecule has 0 bridgehead atoms. The summed E-state index contributed by atoms with van der Waals surface area (Å²) in [5.74, 6) is 0.784. The lowest BCUT2D eigenvalue weighted by molar-refractivity contribution is -0.128. The van der Waals surface area contributed by atoms with Crippen molar-refractivity contribution in [3.05, 3.63) is 57.6 Å². The summed E-state index contributed by atoms with van der Waals surface area (Å²) in [6.45, 7) is 19.3. The average Bonchev–Trinajstić information content (AvgIpc) is 2.64. The third-order valence-electron chi connectivity index (χ3n) is 6.12. The Bertz CT molecular complexity index is 904. The summed E-state index contributed by atoms with van der Waals surface area (Å²) in [5.41, 5.74) is 5.59. The van der Waals surface area contributed by atoms with Gasteiger partial charge in [-0.25, -0.2) is 0 Å². The van der Waals surface area contributed by atoms with E-state index >= 15 is 0 Å². The SMILES string of the molecule is CC(=O)N(CCc1cc(C)c(O)c(C(C)(C)C)c1)CCc1cc(C)c(O)c(C(C)(C)C)c1. The fourth-order valence-corrected chi connectivity index (χ4v) is 4.10. The number of carbonyl (C=O) groups excluding carboxylic acids is 1. The number of aryl methyl sites for hydroxylation is 2. The van der Waals surface area contributed by atoms with Gasteiger partial charge in [0.15, 0.2) is 0 Å². The highest BCUT2D eigenvalue weighted by Crippen LogP contribution is 2.35. The highest BCUT2D eigenvalue weighted by Gasteiger charge is 2.22. The first-order valence-electron chi connectivity index (χ1n) is 11.5. The molecule has 0 atom stereocenters. The number of rotatable bonds is 6. The van der Waals surface area contributed by atoms with E-state index in [0.717, 1.165) is 46.2 Å². The van der Waals surface area contributed by atoms with Crippen molar-refractivity contribution < 1.29 is 15.0 Å². The third-order valence-corrected chi connectivity index (χ3v) is 6.12. The number of aromatic hydroxyl groups is 2. The zero-order chi connectivity index (χ0) is 24.4. The largest absolute Gasteiger partial charge is 0.507 e. The van der Waals surface area contributed by atoms with Crippen LogP contribution in [-0.4, -0.2) is 34.1 Å². The van der Waals surface area contributed by atoms with Gasteiger partial charge in [-0.05, 0) is 70.9 Å². The number of hydrogen-bond acceptors (Lipinski definition) is 3. The Morgan fingerprint density at radius 1 is 0.750 bits per heavy atom. The van der Waals surface area contributed by atoms with Crippen LogP contribution in [0.2, 0.25) is 0 Å². The minimum absolute atomic E-state index is 0.0584. The molecule has 0 spiro atoms. The minimum atomic E-state index is -0.146. The van der Waals surface area contributed by atoms with Crippen molar-refractivity contribution >= 4 is 5.91 Å². The summed E-state index contributed by atoms with van der Waals surface area (Å²) in [7, 11) is 0. The molecular weight excluding hydrogens is 398 g/mol. The summed E-state index contributed by atoms with van der Waals surface area (Å²) in [5, 5.41) is 20.9. The highest BCUT2D eigenvalue weighted by molar-refractivity contribution is 5.73. The van der Waals surface area contributed by atoms with Crippen molar-refractivity contribution in [2.24, 2.45) is 0 Å². The maximum Gasteiger partial charge on any atom is 0.219 e. The first-order valence-corrected chi connectivity index (χ1v) is 11.5. The molecule has 4 heteroatoms. The third kappa shape index (κ3) is 6.27. The molecule has 0 saturated carbocycles. The summed E-state index contributed by atoms with van der Waals surface area (Å²) in [4.78, 5) is 14.2. The fraction of sp³-hybridized carbons (Fsp3) is 0.536. The monoisotopic (exact) mass is 439 g/mol. The summed E-state index contributed by atoms with van der Waals surface area (Å²) >= 11 is 0. The average molecular weight is 440 g/mol. The lowest BCUT2D eigenvalue weighted by Gasteiger charge is -2.25. The van der Waals surface area contributed by atoms with E-state index in [1.165, 1.54) is 0 Å². The van der Waals surface area contributed by atoms with Crippen LogP contribution >= 0.6 is 0 Å². The molecule has 0 heterocycles. The van der Waals surface area contributed by atoms with Gasteiger partial charge < -0.3 is 15.1 Å². The van der Waals surface area contributed by atoms with Crippen LogP contribution in [0.1, 0.15) is 81.8 Å². The van der Waals surface area contributed by atoms with Crippen molar-refractivity contribution in [2.75, 3.05) is 13.1 Å². The van der Waals surface area contributed by atoms with Gasteiger partial charge in [-0.3, -0.25) is 4.79 Å². The second-order valence-corrected chi connectivity index (χ2v) is 11.1. The number of amides is 1. The normalized spacial score (nSPS) is 12.2. The van der Waals surface area contributed by atoms with Gasteiger partial charge >= 0.3 is 0 Å². The molecule has 0 unspecified atom stereocenters. The van der Waals surface area contributed by atoms with Gasteiger partial charge in [0.2, 0.25) is 5.91 Å². The Kier molecular flexibility index (Phi) is 7.70. The van der Waals surface area contributed by atoms with E-state index in [-0.39, 0.29) is 16.7 Å². The Balaban J connectivity index is 2.16. The summed E-state index contributed by atoms with van der Waals surface area (Å²) in [6, 6.07) is 8.17. The fourth-order valence-electron chi connectivity index (χ4n) is 4.10. The standard InChI is InChI=1S/C28H41NO3/c1-18-14-21(16-23(25(18)31)27(4,5)6)10-12-29(20(3)30)13-11-22-15-19(2)26(32)24(17-22)28(7,8)9/h14-17,31-32H,10-13H2,1-9H3. The maximum atomic E-state index is 12.3. The highest BCUT2D eigenvalue weighted by atomic mass is 16.3. The molecule has 32 heavy (non-hydrogen) atoms. The van der Waals surface area contributed by atoms with Crippen LogP contribution < -0.4 is 0 Å². The van der Waals surface area contributed by atoms with Gasteiger partial charge in [0, 0.05) is 20.0 Å². The molecule has 0 aliphatic heterocycles. The molecule has 2 rings (SSSR count). The Morgan fingerprint density at radius 3 is 1.38 bits per heavy atom. The maximum absolute atomic E-state index is 12.3. The molecule has 0 aliphatic rings. The van der Waals surface area contributed by atoms with Gasteiger partial charge in [-0.1, -0.05) is 65.8 Å². The topological polar surface area (TPSA) is 60.8 Å². The van der Waals surface area contributed by atoms with Crippen LogP contribution in [0.25, 0.3) is 0 Å². The zero-order valence-corrected chi connectivity index (χ0v) is 21.4. The van der Waals surface area contributed by atoms with Crippen molar-refractivity contribution in [3.63, 3.8) is 0 Å². The molecule has 0 aliphatic carbocycles. The Morgan fingerprint density at radius 2 is 1.09 bits per heavy atom. The van der Waals surface area contributed by atoms with Crippen molar-refractivity contribution in [1.82, 2.24) is 4.90 Å². The molecule has 4 nitrogen and oxygen atoms in total. The first kappa shape index (κ1) is 25.8.